The molecule has 2 N–H and O–H groups in total. The van der Waals surface area contributed by atoms with Gasteiger partial charge in [-0.25, -0.2) is 8.42 Å². The smallest absolute Gasteiger partial charge is 0.245 e. The van der Waals surface area contributed by atoms with E-state index >= 15 is 0 Å². The van der Waals surface area contributed by atoms with Gasteiger partial charge in [-0.15, -0.1) is 0 Å². The number of sulfonamides is 1. The number of hydrogen-bond donors (Lipinski definition) is 1. The number of nitrogens with zero attached hydrogens (tertiary/aromatic N) is 2. The van der Waals surface area contributed by atoms with Crippen LogP contribution >= 0.6 is 0 Å². The van der Waals surface area contributed by atoms with Crippen LogP contribution < -0.4 is 5.73 Å². The zero-order valence-corrected chi connectivity index (χ0v) is 11.4. The summed E-state index contributed by atoms with van der Waals surface area (Å²) < 4.78 is 26.8. The SMILES string of the molecule is CCCN(C1CC1)S(=O)(=O)c1cccnc1CN. The molecule has 6 heteroatoms. The molecule has 1 aliphatic carbocycles. The molecule has 0 amide bonds. The second-order valence-electron chi connectivity index (χ2n) is 4.50. The first-order valence-corrected chi connectivity index (χ1v) is 7.71. The number of rotatable bonds is 6. The lowest BCUT2D eigenvalue weighted by Crippen LogP contribution is -2.34. The quantitative estimate of drug-likeness (QED) is 0.839. The molecule has 1 heterocycles. The molecule has 0 saturated heterocycles. The summed E-state index contributed by atoms with van der Waals surface area (Å²) >= 11 is 0. The van der Waals surface area contributed by atoms with E-state index in [1.807, 2.05) is 6.92 Å². The lowest BCUT2D eigenvalue weighted by Gasteiger charge is -2.22. The fourth-order valence-corrected chi connectivity index (χ4v) is 3.98. The third kappa shape index (κ3) is 2.55. The van der Waals surface area contributed by atoms with E-state index in [-0.39, 0.29) is 17.5 Å². The summed E-state index contributed by atoms with van der Waals surface area (Å²) in [6, 6.07) is 3.40. The Morgan fingerprint density at radius 3 is 2.78 bits per heavy atom. The maximum absolute atomic E-state index is 12.6. The molecule has 0 bridgehead atoms. The van der Waals surface area contributed by atoms with Gasteiger partial charge in [-0.3, -0.25) is 4.98 Å². The third-order valence-electron chi connectivity index (χ3n) is 3.03. The molecule has 2 rings (SSSR count). The van der Waals surface area contributed by atoms with Crippen molar-refractivity contribution in [3.63, 3.8) is 0 Å². The van der Waals surface area contributed by atoms with E-state index in [9.17, 15) is 8.42 Å². The Kier molecular flexibility index (Phi) is 3.99. The first-order chi connectivity index (χ1) is 8.61. The van der Waals surface area contributed by atoms with E-state index in [0.29, 0.717) is 12.2 Å². The van der Waals surface area contributed by atoms with Gasteiger partial charge in [0.05, 0.1) is 5.69 Å². The van der Waals surface area contributed by atoms with Crippen molar-refractivity contribution in [2.75, 3.05) is 6.54 Å². The van der Waals surface area contributed by atoms with Gasteiger partial charge in [0.2, 0.25) is 10.0 Å². The Morgan fingerprint density at radius 2 is 2.22 bits per heavy atom. The van der Waals surface area contributed by atoms with Crippen molar-refractivity contribution in [2.45, 2.75) is 43.7 Å². The lowest BCUT2D eigenvalue weighted by atomic mass is 10.3. The van der Waals surface area contributed by atoms with E-state index in [1.165, 1.54) is 0 Å². The minimum Gasteiger partial charge on any atom is -0.325 e. The van der Waals surface area contributed by atoms with Crippen LogP contribution in [0.2, 0.25) is 0 Å². The highest BCUT2D eigenvalue weighted by atomic mass is 32.2. The highest BCUT2D eigenvalue weighted by Gasteiger charge is 2.38. The topological polar surface area (TPSA) is 76.3 Å². The summed E-state index contributed by atoms with van der Waals surface area (Å²) in [7, 11) is -3.45. The van der Waals surface area contributed by atoms with Gasteiger partial charge in [-0.2, -0.15) is 4.31 Å². The van der Waals surface area contributed by atoms with E-state index in [2.05, 4.69) is 4.98 Å². The van der Waals surface area contributed by atoms with Gasteiger partial charge < -0.3 is 5.73 Å². The molecule has 0 unspecified atom stereocenters. The van der Waals surface area contributed by atoms with Crippen molar-refractivity contribution in [3.8, 4) is 0 Å². The summed E-state index contributed by atoms with van der Waals surface area (Å²) in [5.74, 6) is 0. The van der Waals surface area contributed by atoms with Gasteiger partial charge >= 0.3 is 0 Å². The molecule has 1 fully saturated rings. The first-order valence-electron chi connectivity index (χ1n) is 6.27. The second kappa shape index (κ2) is 5.34. The highest BCUT2D eigenvalue weighted by Crippen LogP contribution is 2.32. The first kappa shape index (κ1) is 13.5. The summed E-state index contributed by atoms with van der Waals surface area (Å²) in [5.41, 5.74) is 6.01. The van der Waals surface area contributed by atoms with E-state index in [0.717, 1.165) is 19.3 Å². The van der Waals surface area contributed by atoms with Crippen LogP contribution in [0.5, 0.6) is 0 Å². The molecule has 0 atom stereocenters. The van der Waals surface area contributed by atoms with Crippen molar-refractivity contribution in [3.05, 3.63) is 24.0 Å². The Morgan fingerprint density at radius 1 is 1.50 bits per heavy atom. The Balaban J connectivity index is 2.39. The molecule has 0 spiro atoms. The second-order valence-corrected chi connectivity index (χ2v) is 6.36. The number of hydrogen-bond acceptors (Lipinski definition) is 4. The average molecular weight is 269 g/mol. The van der Waals surface area contributed by atoms with E-state index < -0.39 is 10.0 Å². The molecule has 18 heavy (non-hydrogen) atoms. The van der Waals surface area contributed by atoms with E-state index in [1.54, 1.807) is 22.6 Å². The molecule has 5 nitrogen and oxygen atoms in total. The fourth-order valence-electron chi connectivity index (χ4n) is 2.02. The molecule has 100 valence electrons. The minimum absolute atomic E-state index is 0.139. The van der Waals surface area contributed by atoms with E-state index in [4.69, 9.17) is 5.73 Å². The van der Waals surface area contributed by atoms with Crippen LogP contribution in [0.25, 0.3) is 0 Å². The zero-order valence-electron chi connectivity index (χ0n) is 10.5. The van der Waals surface area contributed by atoms with Crippen LogP contribution in [0.3, 0.4) is 0 Å². The average Bonchev–Trinajstić information content (AvgIpc) is 3.19. The standard InChI is InChI=1S/C12H19N3O2S/c1-2-8-15(10-5-6-10)18(16,17)12-4-3-7-14-11(12)9-13/h3-4,7,10H,2,5-6,8-9,13H2,1H3. The summed E-state index contributed by atoms with van der Waals surface area (Å²) in [4.78, 5) is 4.31. The van der Waals surface area contributed by atoms with Crippen molar-refractivity contribution in [1.29, 1.82) is 0 Å². The Hall–Kier alpha value is -0.980. The molecular formula is C12H19N3O2S. The molecule has 1 aromatic rings. The molecule has 0 radical (unpaired) electrons. The van der Waals surface area contributed by atoms with Crippen LogP contribution in [0.1, 0.15) is 31.9 Å². The summed E-state index contributed by atoms with van der Waals surface area (Å²) in [5, 5.41) is 0. The van der Waals surface area contributed by atoms with Crippen LogP contribution in [-0.4, -0.2) is 30.3 Å². The molecule has 1 aliphatic rings. The molecular weight excluding hydrogens is 250 g/mol. The van der Waals surface area contributed by atoms with Gasteiger partial charge in [0.25, 0.3) is 0 Å². The number of aromatic nitrogens is 1. The van der Waals surface area contributed by atoms with Crippen molar-refractivity contribution < 1.29 is 8.42 Å². The number of pyridine rings is 1. The lowest BCUT2D eigenvalue weighted by molar-refractivity contribution is 0.402. The summed E-state index contributed by atoms with van der Waals surface area (Å²) in [6.45, 7) is 2.68. The van der Waals surface area contributed by atoms with Gasteiger partial charge in [-0.1, -0.05) is 6.92 Å². The van der Waals surface area contributed by atoms with Crippen LogP contribution in [0.15, 0.2) is 23.2 Å². The largest absolute Gasteiger partial charge is 0.325 e. The maximum atomic E-state index is 12.6. The van der Waals surface area contributed by atoms with Crippen LogP contribution in [-0.2, 0) is 16.6 Å². The Labute approximate surface area is 108 Å². The van der Waals surface area contributed by atoms with Crippen molar-refractivity contribution in [1.82, 2.24) is 9.29 Å². The third-order valence-corrected chi connectivity index (χ3v) is 5.05. The summed E-state index contributed by atoms with van der Waals surface area (Å²) in [6.07, 6.45) is 4.30. The Bertz CT molecular complexity index is 512. The maximum Gasteiger partial charge on any atom is 0.245 e. The zero-order chi connectivity index (χ0) is 13.2. The fraction of sp³-hybridized carbons (Fsp3) is 0.583. The predicted molar refractivity (Wildman–Crippen MR) is 69.3 cm³/mol. The molecule has 0 aliphatic heterocycles. The van der Waals surface area contributed by atoms with Gasteiger partial charge in [0.1, 0.15) is 4.90 Å². The van der Waals surface area contributed by atoms with Gasteiger partial charge in [0.15, 0.2) is 0 Å². The van der Waals surface area contributed by atoms with Gasteiger partial charge in [-0.05, 0) is 31.4 Å². The molecule has 1 saturated carbocycles. The van der Waals surface area contributed by atoms with Crippen molar-refractivity contribution in [2.24, 2.45) is 5.73 Å². The van der Waals surface area contributed by atoms with Crippen LogP contribution in [0.4, 0.5) is 0 Å². The normalized spacial score (nSPS) is 16.2. The van der Waals surface area contributed by atoms with Gasteiger partial charge in [0, 0.05) is 25.3 Å². The van der Waals surface area contributed by atoms with Crippen molar-refractivity contribution >= 4 is 10.0 Å². The minimum atomic E-state index is -3.45. The molecule has 1 aromatic heterocycles. The van der Waals surface area contributed by atoms with Crippen LogP contribution in [0, 0.1) is 0 Å². The predicted octanol–water partition coefficient (Wildman–Crippen LogP) is 1.10. The highest BCUT2D eigenvalue weighted by molar-refractivity contribution is 7.89. The number of nitrogens with two attached hydrogens (primary N) is 1. The monoisotopic (exact) mass is 269 g/mol. The molecule has 0 aromatic carbocycles.